The second kappa shape index (κ2) is 6.39. The highest BCUT2D eigenvalue weighted by atomic mass is 32.2. The van der Waals surface area contributed by atoms with Gasteiger partial charge in [-0.2, -0.15) is 0 Å². The van der Waals surface area contributed by atoms with E-state index in [4.69, 9.17) is 18.0 Å². The Kier molecular flexibility index (Phi) is 4.98. The van der Waals surface area contributed by atoms with Gasteiger partial charge in [0.05, 0.1) is 4.90 Å². The van der Waals surface area contributed by atoms with Crippen LogP contribution >= 0.6 is 12.2 Å². The van der Waals surface area contributed by atoms with Crippen molar-refractivity contribution in [2.45, 2.75) is 11.3 Å². The van der Waals surface area contributed by atoms with Crippen LogP contribution in [0.2, 0.25) is 0 Å². The fourth-order valence-electron chi connectivity index (χ4n) is 2.70. The second-order valence-corrected chi connectivity index (χ2v) is 8.02. The second-order valence-electron chi connectivity index (χ2n) is 5.56. The molecule has 2 rings (SSSR count). The molecule has 7 heteroatoms. The van der Waals surface area contributed by atoms with Gasteiger partial charge >= 0.3 is 0 Å². The maximum atomic E-state index is 12.7. The summed E-state index contributed by atoms with van der Waals surface area (Å²) in [5.41, 5.74) is 6.04. The van der Waals surface area contributed by atoms with Crippen LogP contribution in [0.15, 0.2) is 29.2 Å². The highest BCUT2D eigenvalue weighted by molar-refractivity contribution is 7.89. The van der Waals surface area contributed by atoms with E-state index < -0.39 is 10.0 Å². The molecule has 1 saturated heterocycles. The van der Waals surface area contributed by atoms with Gasteiger partial charge in [-0.25, -0.2) is 12.7 Å². The molecule has 1 fully saturated rings. The molecule has 1 aromatic carbocycles. The molecule has 5 nitrogen and oxygen atoms in total. The molecule has 0 aliphatic carbocycles. The van der Waals surface area contributed by atoms with Crippen LogP contribution in [0.1, 0.15) is 12.0 Å². The third-order valence-corrected chi connectivity index (χ3v) is 5.95. The lowest BCUT2D eigenvalue weighted by molar-refractivity contribution is 0.356. The number of hydrogen-bond donors (Lipinski definition) is 1. The van der Waals surface area contributed by atoms with Crippen molar-refractivity contribution in [2.75, 3.05) is 33.7 Å². The molecule has 0 bridgehead atoms. The van der Waals surface area contributed by atoms with Crippen molar-refractivity contribution in [1.29, 1.82) is 0 Å². The van der Waals surface area contributed by atoms with Crippen LogP contribution in [0.4, 0.5) is 0 Å². The quantitative estimate of drug-likeness (QED) is 0.814. The standard InChI is InChI=1S/C14H21N3O2S2/c1-16-8-7-11(9-16)10-17(2)21(18,19)13-6-4-3-5-12(13)14(15)20/h3-6,11H,7-10H2,1-2H3,(H2,15,20). The monoisotopic (exact) mass is 327 g/mol. The zero-order chi connectivity index (χ0) is 15.6. The molecule has 0 saturated carbocycles. The molecule has 0 spiro atoms. The lowest BCUT2D eigenvalue weighted by Crippen LogP contribution is -2.34. The van der Waals surface area contributed by atoms with E-state index in [9.17, 15) is 8.42 Å². The molecule has 1 unspecified atom stereocenters. The summed E-state index contributed by atoms with van der Waals surface area (Å²) in [5, 5.41) is 0. The average molecular weight is 327 g/mol. The third-order valence-electron chi connectivity index (χ3n) is 3.84. The van der Waals surface area contributed by atoms with Crippen molar-refractivity contribution in [2.24, 2.45) is 11.7 Å². The molecule has 0 aromatic heterocycles. The van der Waals surface area contributed by atoms with Crippen molar-refractivity contribution in [3.05, 3.63) is 29.8 Å². The first kappa shape index (κ1) is 16.4. The van der Waals surface area contributed by atoms with Gasteiger partial charge in [-0.1, -0.05) is 30.4 Å². The minimum Gasteiger partial charge on any atom is -0.389 e. The van der Waals surface area contributed by atoms with Gasteiger partial charge in [-0.3, -0.25) is 0 Å². The van der Waals surface area contributed by atoms with Crippen molar-refractivity contribution in [3.8, 4) is 0 Å². The molecule has 116 valence electrons. The van der Waals surface area contributed by atoms with Crippen LogP contribution in [0.25, 0.3) is 0 Å². The SMILES string of the molecule is CN1CCC(CN(C)S(=O)(=O)c2ccccc2C(N)=S)C1. The van der Waals surface area contributed by atoms with Crippen molar-refractivity contribution < 1.29 is 8.42 Å². The third kappa shape index (κ3) is 3.60. The topological polar surface area (TPSA) is 66.6 Å². The van der Waals surface area contributed by atoms with Gasteiger partial charge in [-0.15, -0.1) is 0 Å². The molecule has 1 heterocycles. The summed E-state index contributed by atoms with van der Waals surface area (Å²) >= 11 is 4.95. The Balaban J connectivity index is 2.23. The number of thiocarbonyl (C=S) groups is 1. The number of benzene rings is 1. The predicted molar refractivity (Wildman–Crippen MR) is 87.7 cm³/mol. The lowest BCUT2D eigenvalue weighted by Gasteiger charge is -2.22. The summed E-state index contributed by atoms with van der Waals surface area (Å²) in [6.07, 6.45) is 1.02. The van der Waals surface area contributed by atoms with Gasteiger partial charge in [-0.05, 0) is 32.0 Å². The minimum atomic E-state index is -3.57. The largest absolute Gasteiger partial charge is 0.389 e. The summed E-state index contributed by atoms with van der Waals surface area (Å²) in [6.45, 7) is 2.46. The zero-order valence-corrected chi connectivity index (χ0v) is 14.0. The summed E-state index contributed by atoms with van der Waals surface area (Å²) < 4.78 is 26.9. The van der Waals surface area contributed by atoms with E-state index in [0.29, 0.717) is 18.0 Å². The van der Waals surface area contributed by atoms with Gasteiger partial charge in [0.1, 0.15) is 4.99 Å². The van der Waals surface area contributed by atoms with Gasteiger partial charge in [0, 0.05) is 25.7 Å². The molecule has 2 N–H and O–H groups in total. The van der Waals surface area contributed by atoms with E-state index in [2.05, 4.69) is 11.9 Å². The summed E-state index contributed by atoms with van der Waals surface area (Å²) in [4.78, 5) is 2.50. The highest BCUT2D eigenvalue weighted by Gasteiger charge is 2.28. The number of rotatable bonds is 5. The van der Waals surface area contributed by atoms with Crippen LogP contribution in [-0.4, -0.2) is 56.3 Å². The van der Waals surface area contributed by atoms with E-state index >= 15 is 0 Å². The molecule has 1 aliphatic rings. The average Bonchev–Trinajstić information content (AvgIpc) is 2.84. The van der Waals surface area contributed by atoms with E-state index in [-0.39, 0.29) is 9.88 Å². The van der Waals surface area contributed by atoms with Crippen molar-refractivity contribution in [1.82, 2.24) is 9.21 Å². The normalized spacial score (nSPS) is 20.0. The Morgan fingerprint density at radius 2 is 2.14 bits per heavy atom. The van der Waals surface area contributed by atoms with Crippen molar-refractivity contribution in [3.63, 3.8) is 0 Å². The van der Waals surface area contributed by atoms with E-state index in [1.165, 1.54) is 4.31 Å². The molecule has 0 radical (unpaired) electrons. The fourth-order valence-corrected chi connectivity index (χ4v) is 4.39. The maximum Gasteiger partial charge on any atom is 0.243 e. The number of nitrogens with zero attached hydrogens (tertiary/aromatic N) is 2. The molecule has 21 heavy (non-hydrogen) atoms. The molecular formula is C14H21N3O2S2. The lowest BCUT2D eigenvalue weighted by atomic mass is 10.1. The maximum absolute atomic E-state index is 12.7. The van der Waals surface area contributed by atoms with Gasteiger partial charge < -0.3 is 10.6 Å². The number of hydrogen-bond acceptors (Lipinski definition) is 4. The molecule has 1 aromatic rings. The fraction of sp³-hybridized carbons (Fsp3) is 0.500. The van der Waals surface area contributed by atoms with Crippen LogP contribution in [-0.2, 0) is 10.0 Å². The van der Waals surface area contributed by atoms with Crippen molar-refractivity contribution >= 4 is 27.2 Å². The van der Waals surface area contributed by atoms with Crippen LogP contribution in [0.5, 0.6) is 0 Å². The smallest absolute Gasteiger partial charge is 0.243 e. The Bertz CT molecular complexity index is 631. The van der Waals surface area contributed by atoms with Crippen LogP contribution in [0, 0.1) is 5.92 Å². The van der Waals surface area contributed by atoms with Gasteiger partial charge in [0.15, 0.2) is 0 Å². The Hall–Kier alpha value is -1.02. The number of likely N-dealkylation sites (tertiary alicyclic amines) is 1. The molecular weight excluding hydrogens is 306 g/mol. The van der Waals surface area contributed by atoms with E-state index in [1.807, 2.05) is 0 Å². The summed E-state index contributed by atoms with van der Waals surface area (Å²) in [7, 11) is 0.0950. The first-order valence-electron chi connectivity index (χ1n) is 6.86. The molecule has 1 atom stereocenters. The highest BCUT2D eigenvalue weighted by Crippen LogP contribution is 2.22. The zero-order valence-electron chi connectivity index (χ0n) is 12.3. The Labute approximate surface area is 131 Å². The Morgan fingerprint density at radius 3 is 2.71 bits per heavy atom. The first-order valence-corrected chi connectivity index (χ1v) is 8.71. The molecule has 1 aliphatic heterocycles. The summed E-state index contributed by atoms with van der Waals surface area (Å²) in [5.74, 6) is 0.367. The van der Waals surface area contributed by atoms with Crippen LogP contribution in [0.3, 0.4) is 0 Å². The number of sulfonamides is 1. The van der Waals surface area contributed by atoms with Crippen LogP contribution < -0.4 is 5.73 Å². The van der Waals surface area contributed by atoms with Gasteiger partial charge in [0.25, 0.3) is 0 Å². The molecule has 0 amide bonds. The van der Waals surface area contributed by atoms with E-state index in [0.717, 1.165) is 19.5 Å². The summed E-state index contributed by atoms with van der Waals surface area (Å²) in [6, 6.07) is 6.62. The predicted octanol–water partition coefficient (Wildman–Crippen LogP) is 0.893. The van der Waals surface area contributed by atoms with E-state index in [1.54, 1.807) is 31.3 Å². The number of nitrogens with two attached hydrogens (primary N) is 1. The first-order chi connectivity index (χ1) is 9.82. The Morgan fingerprint density at radius 1 is 1.48 bits per heavy atom. The minimum absolute atomic E-state index is 0.100. The van der Waals surface area contributed by atoms with Gasteiger partial charge in [0.2, 0.25) is 10.0 Å².